The van der Waals surface area contributed by atoms with Crippen molar-refractivity contribution >= 4 is 17.4 Å². The number of carbonyl (C=O) groups is 1. The fourth-order valence-electron chi connectivity index (χ4n) is 3.48. The SMILES string of the molecule is COc1ccnc(-c2nc3c(c(N(C)CC(=O)Nc4cnc(OC)nc4)n2)CCC3)c1. The smallest absolute Gasteiger partial charge is 0.316 e. The monoisotopic (exact) mass is 421 g/mol. The third kappa shape index (κ3) is 4.52. The summed E-state index contributed by atoms with van der Waals surface area (Å²) in [5.74, 6) is 1.74. The summed E-state index contributed by atoms with van der Waals surface area (Å²) in [6.07, 6.45) is 7.44. The molecule has 0 bridgehead atoms. The largest absolute Gasteiger partial charge is 0.497 e. The Morgan fingerprint density at radius 3 is 2.68 bits per heavy atom. The number of carbonyl (C=O) groups excluding carboxylic acids is 1. The molecule has 3 heterocycles. The van der Waals surface area contributed by atoms with Crippen LogP contribution in [-0.2, 0) is 17.6 Å². The standard InChI is InChI=1S/C21H23N7O3/c1-28(12-18(29)25-13-10-23-21(31-3)24-11-13)20-15-5-4-6-16(15)26-19(27-20)17-9-14(30-2)7-8-22-17/h7-11H,4-6,12H2,1-3H3,(H,25,29). The Balaban J connectivity index is 1.56. The molecule has 3 aromatic rings. The molecular formula is C21H23N7O3. The second-order valence-corrected chi connectivity index (χ2v) is 7.09. The highest BCUT2D eigenvalue weighted by Gasteiger charge is 2.23. The van der Waals surface area contributed by atoms with Gasteiger partial charge in [0.2, 0.25) is 5.91 Å². The number of anilines is 2. The maximum atomic E-state index is 12.6. The molecule has 4 rings (SSSR count). The van der Waals surface area contributed by atoms with Crippen molar-refractivity contribution < 1.29 is 14.3 Å². The van der Waals surface area contributed by atoms with Crippen LogP contribution < -0.4 is 19.7 Å². The number of rotatable bonds is 7. The van der Waals surface area contributed by atoms with Crippen LogP contribution in [0.25, 0.3) is 11.5 Å². The predicted molar refractivity (Wildman–Crippen MR) is 114 cm³/mol. The molecule has 160 valence electrons. The second-order valence-electron chi connectivity index (χ2n) is 7.09. The van der Waals surface area contributed by atoms with E-state index < -0.39 is 0 Å². The number of aryl methyl sites for hydroxylation is 1. The first kappa shape index (κ1) is 20.5. The molecule has 0 radical (unpaired) electrons. The van der Waals surface area contributed by atoms with Crippen molar-refractivity contribution in [3.8, 4) is 23.3 Å². The highest BCUT2D eigenvalue weighted by molar-refractivity contribution is 5.93. The van der Waals surface area contributed by atoms with Gasteiger partial charge in [0.05, 0.1) is 38.8 Å². The molecule has 3 aromatic heterocycles. The molecule has 1 aliphatic rings. The Labute approximate surface area is 179 Å². The zero-order valence-corrected chi connectivity index (χ0v) is 17.6. The van der Waals surface area contributed by atoms with Crippen molar-refractivity contribution in [3.63, 3.8) is 0 Å². The predicted octanol–water partition coefficient (Wildman–Crippen LogP) is 1.91. The normalized spacial score (nSPS) is 12.2. The average molecular weight is 421 g/mol. The fraction of sp³-hybridized carbons (Fsp3) is 0.333. The van der Waals surface area contributed by atoms with Gasteiger partial charge >= 0.3 is 6.01 Å². The van der Waals surface area contributed by atoms with Crippen molar-refractivity contribution in [3.05, 3.63) is 42.0 Å². The minimum atomic E-state index is -0.206. The van der Waals surface area contributed by atoms with E-state index in [4.69, 9.17) is 19.4 Å². The van der Waals surface area contributed by atoms with Gasteiger partial charge in [-0.3, -0.25) is 9.78 Å². The molecular weight excluding hydrogens is 398 g/mol. The van der Waals surface area contributed by atoms with Gasteiger partial charge in [0.15, 0.2) is 5.82 Å². The molecule has 1 aliphatic carbocycles. The molecule has 1 amide bonds. The summed E-state index contributed by atoms with van der Waals surface area (Å²) < 4.78 is 10.2. The van der Waals surface area contributed by atoms with Crippen molar-refractivity contribution in [2.75, 3.05) is 38.0 Å². The molecule has 10 nitrogen and oxygen atoms in total. The van der Waals surface area contributed by atoms with E-state index in [-0.39, 0.29) is 18.5 Å². The Kier molecular flexibility index (Phi) is 5.87. The quantitative estimate of drug-likeness (QED) is 0.611. The first-order valence-corrected chi connectivity index (χ1v) is 9.84. The number of likely N-dealkylation sites (N-methyl/N-ethyl adjacent to an activating group) is 1. The summed E-state index contributed by atoms with van der Waals surface area (Å²) in [6.45, 7) is 0.112. The molecule has 0 aromatic carbocycles. The summed E-state index contributed by atoms with van der Waals surface area (Å²) in [7, 11) is 4.93. The topological polar surface area (TPSA) is 115 Å². The van der Waals surface area contributed by atoms with Crippen LogP contribution in [0.15, 0.2) is 30.7 Å². The zero-order chi connectivity index (χ0) is 21.8. The molecule has 0 unspecified atom stereocenters. The van der Waals surface area contributed by atoms with E-state index in [1.165, 1.54) is 19.5 Å². The van der Waals surface area contributed by atoms with E-state index in [1.54, 1.807) is 25.4 Å². The van der Waals surface area contributed by atoms with Crippen molar-refractivity contribution in [1.82, 2.24) is 24.9 Å². The van der Waals surface area contributed by atoms with Crippen molar-refractivity contribution in [1.29, 1.82) is 0 Å². The number of pyridine rings is 1. The first-order chi connectivity index (χ1) is 15.1. The molecule has 0 aliphatic heterocycles. The van der Waals surface area contributed by atoms with E-state index in [0.29, 0.717) is 23.0 Å². The third-order valence-electron chi connectivity index (χ3n) is 4.94. The van der Waals surface area contributed by atoms with E-state index in [9.17, 15) is 4.79 Å². The van der Waals surface area contributed by atoms with Crippen LogP contribution in [0.5, 0.6) is 11.8 Å². The van der Waals surface area contributed by atoms with Gasteiger partial charge in [-0.2, -0.15) is 0 Å². The van der Waals surface area contributed by atoms with Gasteiger partial charge < -0.3 is 19.7 Å². The minimum Gasteiger partial charge on any atom is -0.497 e. The van der Waals surface area contributed by atoms with Gasteiger partial charge in [-0.25, -0.2) is 19.9 Å². The van der Waals surface area contributed by atoms with Gasteiger partial charge in [0.25, 0.3) is 0 Å². The summed E-state index contributed by atoms with van der Waals surface area (Å²) in [5, 5.41) is 2.79. The van der Waals surface area contributed by atoms with Crippen LogP contribution in [-0.4, -0.2) is 58.6 Å². The minimum absolute atomic E-state index is 0.112. The summed E-state index contributed by atoms with van der Waals surface area (Å²) in [6, 6.07) is 3.82. The number of aromatic nitrogens is 5. The highest BCUT2D eigenvalue weighted by atomic mass is 16.5. The Hall–Kier alpha value is -3.82. The van der Waals surface area contributed by atoms with Crippen LogP contribution in [0, 0.1) is 0 Å². The van der Waals surface area contributed by atoms with Gasteiger partial charge in [0.1, 0.15) is 17.3 Å². The van der Waals surface area contributed by atoms with Crippen LogP contribution in [0.2, 0.25) is 0 Å². The van der Waals surface area contributed by atoms with Crippen LogP contribution in [0.1, 0.15) is 17.7 Å². The Bertz CT molecular complexity index is 1090. The van der Waals surface area contributed by atoms with Gasteiger partial charge in [0, 0.05) is 30.6 Å². The lowest BCUT2D eigenvalue weighted by molar-refractivity contribution is -0.114. The fourth-order valence-corrected chi connectivity index (χ4v) is 3.48. The van der Waals surface area contributed by atoms with E-state index in [1.807, 2.05) is 11.9 Å². The highest BCUT2D eigenvalue weighted by Crippen LogP contribution is 2.31. The Morgan fingerprint density at radius 2 is 1.94 bits per heavy atom. The molecule has 10 heteroatoms. The summed E-state index contributed by atoms with van der Waals surface area (Å²) >= 11 is 0. The maximum Gasteiger partial charge on any atom is 0.316 e. The molecule has 0 atom stereocenters. The number of amides is 1. The van der Waals surface area contributed by atoms with E-state index in [2.05, 4.69) is 20.3 Å². The van der Waals surface area contributed by atoms with Gasteiger partial charge in [-0.15, -0.1) is 0 Å². The second kappa shape index (κ2) is 8.90. The lowest BCUT2D eigenvalue weighted by atomic mass is 10.2. The lowest BCUT2D eigenvalue weighted by Gasteiger charge is -2.21. The third-order valence-corrected chi connectivity index (χ3v) is 4.94. The summed E-state index contributed by atoms with van der Waals surface area (Å²) in [5.41, 5.74) is 3.20. The first-order valence-electron chi connectivity index (χ1n) is 9.84. The van der Waals surface area contributed by atoms with Crippen LogP contribution in [0.3, 0.4) is 0 Å². The number of nitrogens with one attached hydrogen (secondary N) is 1. The van der Waals surface area contributed by atoms with Crippen molar-refractivity contribution in [2.24, 2.45) is 0 Å². The number of hydrogen-bond acceptors (Lipinski definition) is 9. The zero-order valence-electron chi connectivity index (χ0n) is 17.6. The molecule has 1 N–H and O–H groups in total. The number of fused-ring (bicyclic) bond motifs is 1. The molecule has 0 saturated heterocycles. The van der Waals surface area contributed by atoms with Crippen LogP contribution in [0.4, 0.5) is 11.5 Å². The number of hydrogen-bond donors (Lipinski definition) is 1. The number of nitrogens with zero attached hydrogens (tertiary/aromatic N) is 6. The van der Waals surface area contributed by atoms with Crippen molar-refractivity contribution in [2.45, 2.75) is 19.3 Å². The average Bonchev–Trinajstić information content (AvgIpc) is 3.27. The molecule has 31 heavy (non-hydrogen) atoms. The summed E-state index contributed by atoms with van der Waals surface area (Å²) in [4.78, 5) is 36.3. The van der Waals surface area contributed by atoms with Gasteiger partial charge in [-0.1, -0.05) is 0 Å². The lowest BCUT2D eigenvalue weighted by Crippen LogP contribution is -2.31. The Morgan fingerprint density at radius 1 is 1.13 bits per heavy atom. The van der Waals surface area contributed by atoms with Gasteiger partial charge in [-0.05, 0) is 25.3 Å². The number of ether oxygens (including phenoxy) is 2. The van der Waals surface area contributed by atoms with E-state index >= 15 is 0 Å². The molecule has 0 spiro atoms. The van der Waals surface area contributed by atoms with Crippen LogP contribution >= 0.6 is 0 Å². The molecule has 0 saturated carbocycles. The number of methoxy groups -OCH3 is 2. The maximum absolute atomic E-state index is 12.6. The molecule has 0 fully saturated rings. The van der Waals surface area contributed by atoms with E-state index in [0.717, 1.165) is 36.3 Å².